The van der Waals surface area contributed by atoms with E-state index in [1.54, 1.807) is 6.26 Å². The van der Waals surface area contributed by atoms with Crippen LogP contribution in [0.15, 0.2) is 34.5 Å². The standard InChI is InChI=1S/C11H9F3N4S/c1-19-11-17-16-10(9(13)14)18(11)15-6-7-2-4-8(12)5-3-7/h2-6,9H,1H3/b15-6-. The smallest absolute Gasteiger partial charge is 0.207 e. The third kappa shape index (κ3) is 3.14. The Morgan fingerprint density at radius 2 is 1.95 bits per heavy atom. The van der Waals surface area contributed by atoms with Gasteiger partial charge in [-0.25, -0.2) is 13.2 Å². The molecule has 0 amide bonds. The summed E-state index contributed by atoms with van der Waals surface area (Å²) in [7, 11) is 0. The van der Waals surface area contributed by atoms with Gasteiger partial charge in [0.2, 0.25) is 11.0 Å². The number of rotatable bonds is 4. The van der Waals surface area contributed by atoms with E-state index in [2.05, 4.69) is 15.3 Å². The molecule has 0 radical (unpaired) electrons. The highest BCUT2D eigenvalue weighted by Gasteiger charge is 2.19. The summed E-state index contributed by atoms with van der Waals surface area (Å²) >= 11 is 1.15. The van der Waals surface area contributed by atoms with Crippen molar-refractivity contribution in [2.24, 2.45) is 5.10 Å². The maximum absolute atomic E-state index is 12.7. The topological polar surface area (TPSA) is 43.1 Å². The van der Waals surface area contributed by atoms with Gasteiger partial charge in [0.1, 0.15) is 5.82 Å². The molecular weight excluding hydrogens is 277 g/mol. The van der Waals surface area contributed by atoms with Crippen molar-refractivity contribution in [1.29, 1.82) is 0 Å². The molecule has 0 aliphatic carbocycles. The third-order valence-electron chi connectivity index (χ3n) is 2.21. The fourth-order valence-corrected chi connectivity index (χ4v) is 1.76. The second-order valence-corrected chi connectivity index (χ2v) is 4.23. The van der Waals surface area contributed by atoms with Gasteiger partial charge in [0, 0.05) is 0 Å². The summed E-state index contributed by atoms with van der Waals surface area (Å²) in [5.74, 6) is -0.901. The molecule has 1 aromatic heterocycles. The second kappa shape index (κ2) is 5.87. The molecule has 0 saturated carbocycles. The van der Waals surface area contributed by atoms with Gasteiger partial charge in [0.15, 0.2) is 0 Å². The summed E-state index contributed by atoms with van der Waals surface area (Å²) < 4.78 is 39.1. The average Bonchev–Trinajstić information content (AvgIpc) is 2.81. The van der Waals surface area contributed by atoms with E-state index in [-0.39, 0.29) is 11.0 Å². The van der Waals surface area contributed by atoms with Crippen LogP contribution in [-0.2, 0) is 0 Å². The van der Waals surface area contributed by atoms with Crippen molar-refractivity contribution in [1.82, 2.24) is 14.9 Å². The average molecular weight is 286 g/mol. The van der Waals surface area contributed by atoms with Crippen LogP contribution in [0.4, 0.5) is 13.2 Å². The minimum Gasteiger partial charge on any atom is -0.207 e. The van der Waals surface area contributed by atoms with Crippen molar-refractivity contribution in [3.63, 3.8) is 0 Å². The Bertz CT molecular complexity index is 580. The molecule has 0 spiro atoms. The minimum absolute atomic E-state index is 0.258. The molecule has 0 aliphatic heterocycles. The molecule has 1 heterocycles. The van der Waals surface area contributed by atoms with Crippen molar-refractivity contribution >= 4 is 18.0 Å². The highest BCUT2D eigenvalue weighted by Crippen LogP contribution is 2.21. The van der Waals surface area contributed by atoms with Gasteiger partial charge >= 0.3 is 0 Å². The molecule has 0 N–H and O–H groups in total. The van der Waals surface area contributed by atoms with Crippen LogP contribution in [0, 0.1) is 5.82 Å². The molecule has 2 aromatic rings. The van der Waals surface area contributed by atoms with Crippen molar-refractivity contribution in [2.45, 2.75) is 11.6 Å². The van der Waals surface area contributed by atoms with E-state index < -0.39 is 12.2 Å². The fraction of sp³-hybridized carbons (Fsp3) is 0.182. The number of thioether (sulfide) groups is 1. The van der Waals surface area contributed by atoms with Crippen LogP contribution in [0.2, 0.25) is 0 Å². The first-order chi connectivity index (χ1) is 9.11. The van der Waals surface area contributed by atoms with Crippen LogP contribution in [0.25, 0.3) is 0 Å². The summed E-state index contributed by atoms with van der Waals surface area (Å²) in [4.78, 5) is 0. The van der Waals surface area contributed by atoms with E-state index in [4.69, 9.17) is 0 Å². The first kappa shape index (κ1) is 13.6. The van der Waals surface area contributed by atoms with E-state index in [1.807, 2.05) is 0 Å². The predicted octanol–water partition coefficient (Wildman–Crippen LogP) is 2.96. The number of hydrogen-bond acceptors (Lipinski definition) is 4. The number of benzene rings is 1. The number of alkyl halides is 2. The van der Waals surface area contributed by atoms with Crippen LogP contribution in [0.1, 0.15) is 17.8 Å². The highest BCUT2D eigenvalue weighted by atomic mass is 32.2. The Hall–Kier alpha value is -1.83. The zero-order chi connectivity index (χ0) is 13.8. The summed E-state index contributed by atoms with van der Waals surface area (Å²) in [5, 5.41) is 11.1. The Kier molecular flexibility index (Phi) is 4.20. The van der Waals surface area contributed by atoms with E-state index in [9.17, 15) is 13.2 Å². The van der Waals surface area contributed by atoms with Crippen LogP contribution in [0.3, 0.4) is 0 Å². The second-order valence-electron chi connectivity index (χ2n) is 3.45. The fourth-order valence-electron chi connectivity index (χ4n) is 1.32. The van der Waals surface area contributed by atoms with Gasteiger partial charge in [-0.2, -0.15) is 9.78 Å². The van der Waals surface area contributed by atoms with Crippen LogP contribution >= 0.6 is 11.8 Å². The van der Waals surface area contributed by atoms with E-state index >= 15 is 0 Å². The molecule has 0 aliphatic rings. The maximum Gasteiger partial charge on any atom is 0.299 e. The molecule has 0 bridgehead atoms. The normalized spacial score (nSPS) is 11.6. The lowest BCUT2D eigenvalue weighted by Crippen LogP contribution is -2.00. The minimum atomic E-state index is -2.77. The van der Waals surface area contributed by atoms with Gasteiger partial charge in [0.05, 0.1) is 6.21 Å². The number of halogens is 3. The Balaban J connectivity index is 2.31. The SMILES string of the molecule is CSc1nnc(C(F)F)n1/N=C\c1ccc(F)cc1. The molecular formula is C11H9F3N4S. The van der Waals surface area contributed by atoms with Crippen LogP contribution < -0.4 is 0 Å². The molecule has 4 nitrogen and oxygen atoms in total. The van der Waals surface area contributed by atoms with Gasteiger partial charge in [-0.05, 0) is 24.0 Å². The van der Waals surface area contributed by atoms with Crippen LogP contribution in [0.5, 0.6) is 0 Å². The van der Waals surface area contributed by atoms with Gasteiger partial charge in [-0.3, -0.25) is 0 Å². The Morgan fingerprint density at radius 3 is 2.53 bits per heavy atom. The van der Waals surface area contributed by atoms with E-state index in [0.29, 0.717) is 5.56 Å². The molecule has 2 rings (SSSR count). The molecule has 0 atom stereocenters. The van der Waals surface area contributed by atoms with Crippen molar-refractivity contribution in [2.75, 3.05) is 6.26 Å². The zero-order valence-corrected chi connectivity index (χ0v) is 10.6. The molecule has 0 unspecified atom stereocenters. The van der Waals surface area contributed by atoms with Gasteiger partial charge < -0.3 is 0 Å². The number of hydrogen-bond donors (Lipinski definition) is 0. The highest BCUT2D eigenvalue weighted by molar-refractivity contribution is 7.98. The molecule has 8 heteroatoms. The lowest BCUT2D eigenvalue weighted by atomic mass is 10.2. The quantitative estimate of drug-likeness (QED) is 0.641. The largest absolute Gasteiger partial charge is 0.299 e. The first-order valence-electron chi connectivity index (χ1n) is 5.19. The van der Waals surface area contributed by atoms with Gasteiger partial charge in [-0.1, -0.05) is 23.9 Å². The van der Waals surface area contributed by atoms with Crippen molar-refractivity contribution in [3.8, 4) is 0 Å². The first-order valence-corrected chi connectivity index (χ1v) is 6.41. The van der Waals surface area contributed by atoms with Gasteiger partial charge in [-0.15, -0.1) is 10.2 Å². The molecule has 0 fully saturated rings. The lowest BCUT2D eigenvalue weighted by molar-refractivity contribution is 0.135. The third-order valence-corrected chi connectivity index (χ3v) is 2.83. The molecule has 19 heavy (non-hydrogen) atoms. The molecule has 0 saturated heterocycles. The monoisotopic (exact) mass is 286 g/mol. The number of aromatic nitrogens is 3. The molecule has 100 valence electrons. The van der Waals surface area contributed by atoms with E-state index in [1.165, 1.54) is 30.5 Å². The summed E-state index contributed by atoms with van der Waals surface area (Å²) in [6.45, 7) is 0. The summed E-state index contributed by atoms with van der Waals surface area (Å²) in [6, 6.07) is 5.50. The maximum atomic E-state index is 12.7. The number of nitrogens with zero attached hydrogens (tertiary/aromatic N) is 4. The van der Waals surface area contributed by atoms with Gasteiger partial charge in [0.25, 0.3) is 6.43 Å². The molecule has 1 aromatic carbocycles. The zero-order valence-electron chi connectivity index (χ0n) is 9.80. The van der Waals surface area contributed by atoms with E-state index in [0.717, 1.165) is 16.4 Å². The lowest BCUT2D eigenvalue weighted by Gasteiger charge is -2.01. The van der Waals surface area contributed by atoms with Crippen molar-refractivity contribution < 1.29 is 13.2 Å². The van der Waals surface area contributed by atoms with Crippen molar-refractivity contribution in [3.05, 3.63) is 41.5 Å². The summed E-state index contributed by atoms with van der Waals surface area (Å²) in [5.41, 5.74) is 0.586. The summed E-state index contributed by atoms with van der Waals surface area (Å²) in [6.07, 6.45) is 0.260. The van der Waals surface area contributed by atoms with Crippen LogP contribution in [-0.4, -0.2) is 27.3 Å². The Labute approximate surface area is 111 Å². The predicted molar refractivity (Wildman–Crippen MR) is 66.2 cm³/mol. The Morgan fingerprint density at radius 1 is 1.26 bits per heavy atom.